The number of nitrogens with zero attached hydrogens (tertiary/aromatic N) is 2. The van der Waals surface area contributed by atoms with Crippen LogP contribution in [0, 0.1) is 17.8 Å². The van der Waals surface area contributed by atoms with Gasteiger partial charge in [0.05, 0.1) is 22.9 Å². The first-order chi connectivity index (χ1) is 29.9. The molecule has 2 aromatic heterocycles. The summed E-state index contributed by atoms with van der Waals surface area (Å²) in [5.74, 6) is 2.48. The summed E-state index contributed by atoms with van der Waals surface area (Å²) < 4.78 is 50.0. The third-order valence-corrected chi connectivity index (χ3v) is 16.9. The molecule has 2 nitrogen and oxygen atoms in total. The molecule has 0 saturated heterocycles. The average molecular weight is 778 g/mol. The van der Waals surface area contributed by atoms with E-state index < -0.39 is 0 Å². The van der Waals surface area contributed by atoms with Crippen molar-refractivity contribution in [2.24, 2.45) is 17.8 Å². The first-order valence-corrected chi connectivity index (χ1v) is 22.4. The number of rotatable bonds is 3. The maximum Gasteiger partial charge on any atom is 0.264 e. The quantitative estimate of drug-likeness (QED) is 0.165. The average Bonchev–Trinajstić information content (AvgIpc) is 3.83. The van der Waals surface area contributed by atoms with Crippen molar-refractivity contribution >= 4 is 109 Å². The highest BCUT2D eigenvalue weighted by Crippen LogP contribution is 2.61. The van der Waals surface area contributed by atoms with E-state index in [4.69, 9.17) is 4.11 Å². The van der Waals surface area contributed by atoms with Crippen molar-refractivity contribution in [2.75, 3.05) is 9.80 Å². The van der Waals surface area contributed by atoms with Gasteiger partial charge in [0.25, 0.3) is 6.71 Å². The van der Waals surface area contributed by atoms with Crippen LogP contribution in [0.15, 0.2) is 127 Å². The lowest BCUT2D eigenvalue weighted by atomic mass is 9.36. The predicted octanol–water partition coefficient (Wildman–Crippen LogP) is 13.1. The predicted molar refractivity (Wildman–Crippen MR) is 247 cm³/mol. The van der Waals surface area contributed by atoms with Gasteiger partial charge in [0.15, 0.2) is 0 Å². The molecule has 6 aliphatic rings. The van der Waals surface area contributed by atoms with Crippen LogP contribution in [0.1, 0.15) is 77.3 Å². The molecule has 5 heteroatoms. The Hall–Kier alpha value is -4.84. The molecule has 4 heterocycles. The van der Waals surface area contributed by atoms with E-state index in [-0.39, 0.29) is 53.4 Å². The first-order valence-electron chi connectivity index (χ1n) is 23.3. The van der Waals surface area contributed by atoms with Gasteiger partial charge in [0, 0.05) is 53.1 Å². The molecule has 278 valence electrons. The van der Waals surface area contributed by atoms with Crippen LogP contribution in [0.3, 0.4) is 0 Å². The molecule has 6 aromatic carbocycles. The Bertz CT molecular complexity index is 3210. The van der Waals surface area contributed by atoms with Crippen molar-refractivity contribution in [3.63, 3.8) is 0 Å². The van der Waals surface area contributed by atoms with Gasteiger partial charge in [-0.3, -0.25) is 0 Å². The van der Waals surface area contributed by atoms with Crippen molar-refractivity contribution in [1.29, 1.82) is 0 Å². The van der Waals surface area contributed by atoms with Crippen LogP contribution in [0.5, 0.6) is 0 Å². The van der Waals surface area contributed by atoms with Crippen LogP contribution in [0.4, 0.5) is 34.1 Å². The highest BCUT2D eigenvalue weighted by molar-refractivity contribution is 7.33. The highest BCUT2D eigenvalue weighted by atomic mass is 32.1. The minimum absolute atomic E-state index is 0.122. The van der Waals surface area contributed by atoms with Crippen LogP contribution < -0.4 is 25.5 Å². The number of hydrogen-bond donors (Lipinski definition) is 0. The maximum atomic E-state index is 9.43. The Kier molecular flexibility index (Phi) is 5.83. The van der Waals surface area contributed by atoms with E-state index in [0.717, 1.165) is 60.8 Å². The largest absolute Gasteiger partial charge is 0.310 e. The van der Waals surface area contributed by atoms with Crippen LogP contribution >= 0.6 is 22.7 Å². The summed E-state index contributed by atoms with van der Waals surface area (Å²) in [6, 6.07) is 34.8. The molecule has 4 fully saturated rings. The summed E-state index contributed by atoms with van der Waals surface area (Å²) in [5.41, 5.74) is 10.5. The summed E-state index contributed by atoms with van der Waals surface area (Å²) in [6.45, 7) is 6.55. The zero-order valence-corrected chi connectivity index (χ0v) is 34.1. The summed E-state index contributed by atoms with van der Waals surface area (Å²) >= 11 is 3.64. The van der Waals surface area contributed by atoms with Gasteiger partial charge in [-0.2, -0.15) is 0 Å². The van der Waals surface area contributed by atoms with Gasteiger partial charge in [-0.1, -0.05) is 93.5 Å². The van der Waals surface area contributed by atoms with Gasteiger partial charge in [0.2, 0.25) is 0 Å². The second-order valence-electron chi connectivity index (χ2n) is 18.8. The van der Waals surface area contributed by atoms with Gasteiger partial charge in [-0.25, -0.2) is 0 Å². The molecule has 2 aliphatic heterocycles. The Labute approximate surface area is 350 Å². The normalized spacial score (nSPS) is 24.3. The molecule has 0 N–H and O–H groups in total. The fourth-order valence-electron chi connectivity index (χ4n) is 12.4. The van der Waals surface area contributed by atoms with Crippen LogP contribution in [-0.4, -0.2) is 6.71 Å². The van der Waals surface area contributed by atoms with Gasteiger partial charge >= 0.3 is 0 Å². The number of thiophene rings is 2. The van der Waals surface area contributed by atoms with Crippen LogP contribution in [0.25, 0.3) is 30.3 Å². The fraction of sp³-hybridized carbons (Fsp3) is 0.269. The lowest BCUT2D eigenvalue weighted by Gasteiger charge is -2.57. The van der Waals surface area contributed by atoms with Crippen molar-refractivity contribution in [1.82, 2.24) is 0 Å². The zero-order chi connectivity index (χ0) is 42.1. The standard InChI is InChI=1S/C52H45BN2S2/c1-51(2,3)34-20-22-46-39(26-34)48-50(57-46)53-40-21-19-35(52-28-31-23-32(29-52)25-33(24-31)30-52)27-44(40)55(43-17-9-14-38-37-13-7-8-18-45(37)56-49(38)43)42-16-10-15-41(47(42)53)54(48)36-11-5-4-6-12-36/h4-22,26-27,31-33H,23-25,28-30H2,1-3H3/i4D,5D,6D,11D,12D. The number of anilines is 6. The van der Waals surface area contributed by atoms with E-state index >= 15 is 0 Å². The Morgan fingerprint density at radius 2 is 1.33 bits per heavy atom. The molecule has 0 atom stereocenters. The molecule has 0 radical (unpaired) electrons. The second kappa shape index (κ2) is 11.6. The van der Waals surface area contributed by atoms with E-state index in [2.05, 4.69) is 123 Å². The SMILES string of the molecule is [2H]c1c([2H])c([2H])c(N2c3cccc4c3B(c3ccc(C56CC7CC(CC(C7)C5)C6)cc3N4c3cccc4c3sc3ccccc34)c3sc4ccc(C(C)(C)C)cc4c32)c([2H])c1[2H]. The summed E-state index contributed by atoms with van der Waals surface area (Å²) in [6.07, 6.45) is 8.07. The third kappa shape index (κ3) is 4.65. The van der Waals surface area contributed by atoms with Gasteiger partial charge < -0.3 is 9.80 Å². The van der Waals surface area contributed by atoms with Crippen molar-refractivity contribution in [3.8, 4) is 0 Å². The van der Waals surface area contributed by atoms with E-state index in [1.165, 1.54) is 81.0 Å². The molecule has 0 spiro atoms. The Balaban J connectivity index is 1.14. The summed E-state index contributed by atoms with van der Waals surface area (Å²) in [7, 11) is 0. The van der Waals surface area contributed by atoms with E-state index in [0.29, 0.717) is 0 Å². The van der Waals surface area contributed by atoms with Crippen molar-refractivity contribution in [3.05, 3.63) is 138 Å². The van der Waals surface area contributed by atoms with Gasteiger partial charge in [0.1, 0.15) is 0 Å². The molecule has 57 heavy (non-hydrogen) atoms. The number of fused-ring (bicyclic) bond motifs is 9. The van der Waals surface area contributed by atoms with Crippen LogP contribution in [0.2, 0.25) is 0 Å². The molecule has 0 amide bonds. The summed E-state index contributed by atoms with van der Waals surface area (Å²) in [5, 5.41) is 3.55. The molecule has 14 rings (SSSR count). The van der Waals surface area contributed by atoms with Crippen molar-refractivity contribution in [2.45, 2.75) is 70.1 Å². The second-order valence-corrected chi connectivity index (χ2v) is 20.9. The van der Waals surface area contributed by atoms with E-state index in [9.17, 15) is 2.74 Å². The van der Waals surface area contributed by atoms with Crippen LogP contribution in [-0.2, 0) is 10.8 Å². The van der Waals surface area contributed by atoms with E-state index in [1.807, 2.05) is 16.2 Å². The Morgan fingerprint density at radius 3 is 2.11 bits per heavy atom. The molecule has 4 saturated carbocycles. The molecular formula is C52H45BN2S2. The molecule has 0 unspecified atom stereocenters. The lowest BCUT2D eigenvalue weighted by Crippen LogP contribution is -2.60. The number of hydrogen-bond acceptors (Lipinski definition) is 4. The van der Waals surface area contributed by atoms with Crippen molar-refractivity contribution < 1.29 is 6.85 Å². The number of benzene rings is 6. The molecule has 4 bridgehead atoms. The minimum Gasteiger partial charge on any atom is -0.310 e. The van der Waals surface area contributed by atoms with Gasteiger partial charge in [-0.05, 0) is 144 Å². The maximum absolute atomic E-state index is 9.43. The third-order valence-electron chi connectivity index (χ3n) is 14.4. The van der Waals surface area contributed by atoms with Gasteiger partial charge in [-0.15, -0.1) is 22.7 Å². The first kappa shape index (κ1) is 28.5. The summed E-state index contributed by atoms with van der Waals surface area (Å²) in [4.78, 5) is 4.56. The minimum atomic E-state index is -0.384. The monoisotopic (exact) mass is 777 g/mol. The smallest absolute Gasteiger partial charge is 0.264 e. The van der Waals surface area contributed by atoms with E-state index in [1.54, 1.807) is 11.3 Å². The number of para-hydroxylation sites is 1. The fourth-order valence-corrected chi connectivity index (χ4v) is 14.9. The molecule has 8 aromatic rings. The highest BCUT2D eigenvalue weighted by Gasteiger charge is 2.52. The zero-order valence-electron chi connectivity index (χ0n) is 37.5. The molecular weight excluding hydrogens is 728 g/mol. The lowest BCUT2D eigenvalue weighted by molar-refractivity contribution is -0.00516. The molecule has 4 aliphatic carbocycles. The Morgan fingerprint density at radius 1 is 0.649 bits per heavy atom. The topological polar surface area (TPSA) is 6.48 Å².